The highest BCUT2D eigenvalue weighted by molar-refractivity contribution is 6.29. The molecule has 3 rings (SSSR count). The lowest BCUT2D eigenvalue weighted by atomic mass is 10.0. The Morgan fingerprint density at radius 1 is 1.33 bits per heavy atom. The molecule has 0 bridgehead atoms. The van der Waals surface area contributed by atoms with Crippen LogP contribution in [0.15, 0.2) is 37.2 Å². The number of hydrogen-bond donors (Lipinski definition) is 2. The van der Waals surface area contributed by atoms with Gasteiger partial charge in [-0.15, -0.1) is 0 Å². The van der Waals surface area contributed by atoms with Gasteiger partial charge in [0, 0.05) is 26.7 Å². The normalized spacial score (nSPS) is 16.7. The van der Waals surface area contributed by atoms with Crippen LogP contribution in [0.5, 0.6) is 0 Å². The van der Waals surface area contributed by atoms with Crippen molar-refractivity contribution < 1.29 is 9.59 Å². The van der Waals surface area contributed by atoms with Gasteiger partial charge in [0.05, 0.1) is 17.4 Å². The maximum Gasteiger partial charge on any atom is 0.269 e. The van der Waals surface area contributed by atoms with Gasteiger partial charge in [-0.05, 0) is 29.8 Å². The molecule has 0 unspecified atom stereocenters. The van der Waals surface area contributed by atoms with Crippen LogP contribution in [0.4, 0.5) is 0 Å². The second kappa shape index (κ2) is 8.24. The van der Waals surface area contributed by atoms with Crippen LogP contribution >= 0.6 is 11.6 Å². The molecule has 2 amide bonds. The van der Waals surface area contributed by atoms with Gasteiger partial charge in [0.15, 0.2) is 0 Å². The van der Waals surface area contributed by atoms with Crippen LogP contribution in [0.3, 0.4) is 0 Å². The van der Waals surface area contributed by atoms with E-state index >= 15 is 0 Å². The van der Waals surface area contributed by atoms with Gasteiger partial charge in [-0.1, -0.05) is 18.2 Å². The molecule has 1 fully saturated rings. The van der Waals surface area contributed by atoms with E-state index in [2.05, 4.69) is 32.2 Å². The molecule has 2 aromatic rings. The molecule has 8 nitrogen and oxygen atoms in total. The fourth-order valence-corrected chi connectivity index (χ4v) is 3.19. The van der Waals surface area contributed by atoms with Gasteiger partial charge in [-0.2, -0.15) is 0 Å². The Labute approximate surface area is 161 Å². The number of piperazine rings is 1. The standard InChI is InChI=1S/C18H19ClN6O2/c1-3-17(26)25-5-4-21-9-15(25)11-6-13(24-16(19)7-11)12-8-14(18(27)20-2)23-10-22-12/h3,6-8,10,15,21H,1,4-5,9H2,2H3,(H,20,27)/t15-/m1/s1. The van der Waals surface area contributed by atoms with Crippen LogP contribution in [-0.2, 0) is 4.79 Å². The van der Waals surface area contributed by atoms with Gasteiger partial charge in [0.25, 0.3) is 5.91 Å². The van der Waals surface area contributed by atoms with Gasteiger partial charge in [-0.3, -0.25) is 9.59 Å². The summed E-state index contributed by atoms with van der Waals surface area (Å²) in [5, 5.41) is 6.08. The molecule has 0 aromatic carbocycles. The minimum atomic E-state index is -0.319. The second-order valence-electron chi connectivity index (χ2n) is 5.93. The number of aromatic nitrogens is 3. The number of carbonyl (C=O) groups is 2. The molecule has 140 valence electrons. The highest BCUT2D eigenvalue weighted by Crippen LogP contribution is 2.28. The predicted molar refractivity (Wildman–Crippen MR) is 101 cm³/mol. The summed E-state index contributed by atoms with van der Waals surface area (Å²) in [4.78, 5) is 38.2. The fourth-order valence-electron chi connectivity index (χ4n) is 2.97. The smallest absolute Gasteiger partial charge is 0.269 e. The van der Waals surface area contributed by atoms with E-state index in [1.165, 1.54) is 19.5 Å². The third-order valence-corrected chi connectivity index (χ3v) is 4.49. The van der Waals surface area contributed by atoms with Crippen molar-refractivity contribution in [2.24, 2.45) is 0 Å². The van der Waals surface area contributed by atoms with E-state index in [1.54, 1.807) is 17.0 Å². The summed E-state index contributed by atoms with van der Waals surface area (Å²) in [6.45, 7) is 5.45. The minimum absolute atomic E-state index is 0.139. The Bertz CT molecular complexity index is 888. The largest absolute Gasteiger partial charge is 0.354 e. The summed E-state index contributed by atoms with van der Waals surface area (Å²) in [5.41, 5.74) is 2.03. The van der Waals surface area contributed by atoms with Crippen LogP contribution in [0.25, 0.3) is 11.4 Å². The fraction of sp³-hybridized carbons (Fsp3) is 0.278. The lowest BCUT2D eigenvalue weighted by molar-refractivity contribution is -0.129. The molecular formula is C18H19ClN6O2. The number of nitrogens with zero attached hydrogens (tertiary/aromatic N) is 4. The average Bonchev–Trinajstić information content (AvgIpc) is 2.72. The molecule has 1 atom stereocenters. The van der Waals surface area contributed by atoms with Gasteiger partial charge < -0.3 is 15.5 Å². The van der Waals surface area contributed by atoms with Gasteiger partial charge >= 0.3 is 0 Å². The van der Waals surface area contributed by atoms with Crippen LogP contribution in [0, 0.1) is 0 Å². The SMILES string of the molecule is C=CC(=O)N1CCNC[C@@H]1c1cc(Cl)nc(-c2cc(C(=O)NC)ncn2)c1. The zero-order valence-electron chi connectivity index (χ0n) is 14.8. The molecule has 1 aliphatic rings. The topological polar surface area (TPSA) is 100 Å². The zero-order chi connectivity index (χ0) is 19.4. The molecule has 9 heteroatoms. The van der Waals surface area contributed by atoms with Crippen molar-refractivity contribution in [3.8, 4) is 11.4 Å². The first-order chi connectivity index (χ1) is 13.0. The Morgan fingerprint density at radius 3 is 2.89 bits per heavy atom. The van der Waals surface area contributed by atoms with Crippen molar-refractivity contribution in [1.29, 1.82) is 0 Å². The summed E-state index contributed by atoms with van der Waals surface area (Å²) in [6.07, 6.45) is 2.61. The summed E-state index contributed by atoms with van der Waals surface area (Å²) in [5.74, 6) is -0.458. The van der Waals surface area contributed by atoms with Crippen molar-refractivity contribution in [2.45, 2.75) is 6.04 Å². The van der Waals surface area contributed by atoms with Gasteiger partial charge in [0.1, 0.15) is 17.2 Å². The van der Waals surface area contributed by atoms with Crippen LogP contribution in [-0.4, -0.2) is 58.3 Å². The summed E-state index contributed by atoms with van der Waals surface area (Å²) < 4.78 is 0. The maximum atomic E-state index is 12.2. The first-order valence-electron chi connectivity index (χ1n) is 8.39. The number of nitrogens with one attached hydrogen (secondary N) is 2. The van der Waals surface area contributed by atoms with Crippen molar-refractivity contribution in [3.63, 3.8) is 0 Å². The molecule has 2 N–H and O–H groups in total. The first kappa shape index (κ1) is 18.9. The number of carbonyl (C=O) groups excluding carboxylic acids is 2. The molecule has 0 saturated carbocycles. The molecule has 0 spiro atoms. The molecule has 0 radical (unpaired) electrons. The van der Waals surface area contributed by atoms with E-state index in [-0.39, 0.29) is 28.7 Å². The number of rotatable bonds is 4. The Kier molecular flexibility index (Phi) is 5.78. The maximum absolute atomic E-state index is 12.2. The van der Waals surface area contributed by atoms with Gasteiger partial charge in [0.2, 0.25) is 5.91 Å². The van der Waals surface area contributed by atoms with E-state index in [0.29, 0.717) is 31.0 Å². The number of pyridine rings is 1. The minimum Gasteiger partial charge on any atom is -0.354 e. The predicted octanol–water partition coefficient (Wildman–Crippen LogP) is 1.21. The number of hydrogen-bond acceptors (Lipinski definition) is 6. The van der Waals surface area contributed by atoms with E-state index in [1.807, 2.05) is 6.07 Å². The lowest BCUT2D eigenvalue weighted by Gasteiger charge is -2.36. The third-order valence-electron chi connectivity index (χ3n) is 4.29. The van der Waals surface area contributed by atoms with E-state index in [0.717, 1.165) is 5.56 Å². The van der Waals surface area contributed by atoms with Crippen molar-refractivity contribution in [1.82, 2.24) is 30.5 Å². The molecule has 3 heterocycles. The summed E-state index contributed by atoms with van der Waals surface area (Å²) in [6, 6.07) is 4.90. The summed E-state index contributed by atoms with van der Waals surface area (Å²) >= 11 is 6.23. The monoisotopic (exact) mass is 386 g/mol. The number of amides is 2. The summed E-state index contributed by atoms with van der Waals surface area (Å²) in [7, 11) is 1.53. The highest BCUT2D eigenvalue weighted by Gasteiger charge is 2.27. The van der Waals surface area contributed by atoms with Crippen molar-refractivity contribution in [3.05, 3.63) is 53.6 Å². The van der Waals surface area contributed by atoms with Crippen molar-refractivity contribution >= 4 is 23.4 Å². The third kappa shape index (κ3) is 4.12. The van der Waals surface area contributed by atoms with E-state index in [9.17, 15) is 9.59 Å². The highest BCUT2D eigenvalue weighted by atomic mass is 35.5. The van der Waals surface area contributed by atoms with E-state index in [4.69, 9.17) is 11.6 Å². The molecule has 1 saturated heterocycles. The zero-order valence-corrected chi connectivity index (χ0v) is 15.5. The Balaban J connectivity index is 2.00. The molecule has 2 aromatic heterocycles. The van der Waals surface area contributed by atoms with Gasteiger partial charge in [-0.25, -0.2) is 15.0 Å². The van der Waals surface area contributed by atoms with Crippen LogP contribution in [0.2, 0.25) is 5.15 Å². The molecule has 0 aliphatic carbocycles. The Hall–Kier alpha value is -2.84. The second-order valence-corrected chi connectivity index (χ2v) is 6.32. The number of halogens is 1. The van der Waals surface area contributed by atoms with E-state index < -0.39 is 0 Å². The molecule has 27 heavy (non-hydrogen) atoms. The van der Waals surface area contributed by atoms with Crippen LogP contribution in [0.1, 0.15) is 22.1 Å². The van der Waals surface area contributed by atoms with Crippen molar-refractivity contribution in [2.75, 3.05) is 26.7 Å². The lowest BCUT2D eigenvalue weighted by Crippen LogP contribution is -2.48. The first-order valence-corrected chi connectivity index (χ1v) is 8.77. The quantitative estimate of drug-likeness (QED) is 0.605. The Morgan fingerprint density at radius 2 is 2.15 bits per heavy atom. The molecular weight excluding hydrogens is 368 g/mol. The molecule has 1 aliphatic heterocycles. The average molecular weight is 387 g/mol. The van der Waals surface area contributed by atoms with Crippen LogP contribution < -0.4 is 10.6 Å².